The molecule has 2 N–H and O–H groups in total. The van der Waals surface area contributed by atoms with Gasteiger partial charge in [0.15, 0.2) is 0 Å². The second-order valence-electron chi connectivity index (χ2n) is 2.74. The van der Waals surface area contributed by atoms with Crippen LogP contribution >= 0.6 is 0 Å². The summed E-state index contributed by atoms with van der Waals surface area (Å²) in [5, 5.41) is 11.1. The van der Waals surface area contributed by atoms with E-state index in [0.29, 0.717) is 6.42 Å². The van der Waals surface area contributed by atoms with Crippen molar-refractivity contribution in [1.29, 1.82) is 0 Å². The van der Waals surface area contributed by atoms with Crippen LogP contribution in [-0.2, 0) is 9.59 Å². The molecule has 0 fully saturated rings. The van der Waals surface area contributed by atoms with Gasteiger partial charge in [-0.3, -0.25) is 4.79 Å². The van der Waals surface area contributed by atoms with Crippen molar-refractivity contribution in [3.8, 4) is 0 Å². The Bertz CT molecular complexity index is 201. The highest BCUT2D eigenvalue weighted by atomic mass is 16.4. The number of carboxylic acids is 1. The van der Waals surface area contributed by atoms with Crippen molar-refractivity contribution in [3.05, 3.63) is 12.7 Å². The molecule has 0 aromatic heterocycles. The van der Waals surface area contributed by atoms with Gasteiger partial charge in [0.2, 0.25) is 5.91 Å². The molecule has 74 valence electrons. The molecule has 4 nitrogen and oxygen atoms in total. The molecule has 1 unspecified atom stereocenters. The Hall–Kier alpha value is -1.32. The molecule has 0 spiro atoms. The summed E-state index contributed by atoms with van der Waals surface area (Å²) >= 11 is 0. The van der Waals surface area contributed by atoms with Crippen LogP contribution in [-0.4, -0.2) is 23.0 Å². The third-order valence-corrected chi connectivity index (χ3v) is 1.54. The maximum atomic E-state index is 11.0. The van der Waals surface area contributed by atoms with Gasteiger partial charge >= 0.3 is 5.97 Å². The molecule has 0 aromatic carbocycles. The molecule has 0 saturated heterocycles. The lowest BCUT2D eigenvalue weighted by atomic mass is 10.1. The molecule has 0 saturated carbocycles. The minimum absolute atomic E-state index is 0.160. The monoisotopic (exact) mass is 185 g/mol. The average molecular weight is 185 g/mol. The molecule has 0 aliphatic heterocycles. The fourth-order valence-corrected chi connectivity index (χ4v) is 0.930. The first-order valence-corrected chi connectivity index (χ1v) is 4.24. The molecular weight excluding hydrogens is 170 g/mol. The number of hydrogen-bond acceptors (Lipinski definition) is 2. The zero-order valence-corrected chi connectivity index (χ0v) is 7.75. The average Bonchev–Trinajstić information content (AvgIpc) is 2.04. The standard InChI is InChI=1S/C9H15NO3/c1-3-5-7(9(12)13)10-8(11)6-4-2/h4,7H,2-3,5-6H2,1H3,(H,10,11)(H,12,13). The van der Waals surface area contributed by atoms with Gasteiger partial charge in [-0.25, -0.2) is 4.79 Å². The topological polar surface area (TPSA) is 66.4 Å². The predicted octanol–water partition coefficient (Wildman–Crippen LogP) is 0.932. The Morgan fingerprint density at radius 1 is 1.62 bits per heavy atom. The molecule has 0 bridgehead atoms. The first-order valence-electron chi connectivity index (χ1n) is 4.24. The highest BCUT2D eigenvalue weighted by Gasteiger charge is 2.17. The van der Waals surface area contributed by atoms with E-state index in [4.69, 9.17) is 5.11 Å². The van der Waals surface area contributed by atoms with Gasteiger partial charge in [0.1, 0.15) is 6.04 Å². The molecule has 0 aliphatic carbocycles. The van der Waals surface area contributed by atoms with Crippen molar-refractivity contribution >= 4 is 11.9 Å². The largest absolute Gasteiger partial charge is 0.480 e. The molecule has 4 heteroatoms. The number of rotatable bonds is 6. The number of nitrogens with one attached hydrogen (secondary N) is 1. The van der Waals surface area contributed by atoms with Crippen LogP contribution in [0, 0.1) is 0 Å². The van der Waals surface area contributed by atoms with E-state index in [2.05, 4.69) is 11.9 Å². The smallest absolute Gasteiger partial charge is 0.326 e. The number of amides is 1. The van der Waals surface area contributed by atoms with Crippen molar-refractivity contribution in [2.24, 2.45) is 0 Å². The summed E-state index contributed by atoms with van der Waals surface area (Å²) < 4.78 is 0. The van der Waals surface area contributed by atoms with Crippen LogP contribution < -0.4 is 5.32 Å². The minimum Gasteiger partial charge on any atom is -0.480 e. The van der Waals surface area contributed by atoms with Crippen LogP contribution in [0.5, 0.6) is 0 Å². The number of carbonyl (C=O) groups excluding carboxylic acids is 1. The van der Waals surface area contributed by atoms with Crippen LogP contribution in [0.15, 0.2) is 12.7 Å². The van der Waals surface area contributed by atoms with Gasteiger partial charge in [-0.05, 0) is 6.42 Å². The third kappa shape index (κ3) is 5.00. The van der Waals surface area contributed by atoms with Crippen molar-refractivity contribution in [1.82, 2.24) is 5.32 Å². The van der Waals surface area contributed by atoms with E-state index >= 15 is 0 Å². The minimum atomic E-state index is -0.987. The molecule has 0 radical (unpaired) electrons. The number of hydrogen-bond donors (Lipinski definition) is 2. The molecular formula is C9H15NO3. The quantitative estimate of drug-likeness (QED) is 0.605. The summed E-state index contributed by atoms with van der Waals surface area (Å²) in [6.45, 7) is 5.26. The lowest BCUT2D eigenvalue weighted by molar-refractivity contribution is -0.141. The summed E-state index contributed by atoms with van der Waals surface area (Å²) in [5.74, 6) is -1.28. The fraction of sp³-hybridized carbons (Fsp3) is 0.556. The summed E-state index contributed by atoms with van der Waals surface area (Å²) in [7, 11) is 0. The van der Waals surface area contributed by atoms with Crippen molar-refractivity contribution < 1.29 is 14.7 Å². The molecule has 0 aromatic rings. The van der Waals surface area contributed by atoms with Gasteiger partial charge in [0, 0.05) is 6.42 Å². The van der Waals surface area contributed by atoms with Crippen LogP contribution in [0.4, 0.5) is 0 Å². The van der Waals surface area contributed by atoms with Gasteiger partial charge < -0.3 is 10.4 Å². The van der Waals surface area contributed by atoms with E-state index in [1.807, 2.05) is 6.92 Å². The first-order chi connectivity index (χ1) is 6.11. The van der Waals surface area contributed by atoms with E-state index in [0.717, 1.165) is 6.42 Å². The van der Waals surface area contributed by atoms with Gasteiger partial charge in [0.25, 0.3) is 0 Å². The highest BCUT2D eigenvalue weighted by Crippen LogP contribution is 1.97. The predicted molar refractivity (Wildman–Crippen MR) is 49.3 cm³/mol. The first kappa shape index (κ1) is 11.7. The maximum Gasteiger partial charge on any atom is 0.326 e. The molecule has 0 rings (SSSR count). The maximum absolute atomic E-state index is 11.0. The van der Waals surface area contributed by atoms with Crippen LogP contribution in [0.2, 0.25) is 0 Å². The van der Waals surface area contributed by atoms with Crippen LogP contribution in [0.1, 0.15) is 26.2 Å². The number of carboxylic acid groups (broad SMARTS) is 1. The summed E-state index contributed by atoms with van der Waals surface area (Å²) in [5.41, 5.74) is 0. The van der Waals surface area contributed by atoms with Crippen molar-refractivity contribution in [3.63, 3.8) is 0 Å². The summed E-state index contributed by atoms with van der Waals surface area (Å²) in [6, 6.07) is -0.766. The number of carbonyl (C=O) groups is 2. The molecule has 1 atom stereocenters. The molecule has 13 heavy (non-hydrogen) atoms. The Morgan fingerprint density at radius 3 is 2.62 bits per heavy atom. The lowest BCUT2D eigenvalue weighted by Gasteiger charge is -2.12. The van der Waals surface area contributed by atoms with Crippen molar-refractivity contribution in [2.75, 3.05) is 0 Å². The van der Waals surface area contributed by atoms with Gasteiger partial charge in [-0.1, -0.05) is 19.4 Å². The fourth-order valence-electron chi connectivity index (χ4n) is 0.930. The molecule has 0 aliphatic rings. The van der Waals surface area contributed by atoms with Gasteiger partial charge in [0.05, 0.1) is 0 Å². The number of aliphatic carboxylic acids is 1. The lowest BCUT2D eigenvalue weighted by Crippen LogP contribution is -2.40. The molecule has 1 amide bonds. The van der Waals surface area contributed by atoms with E-state index in [1.54, 1.807) is 0 Å². The highest BCUT2D eigenvalue weighted by molar-refractivity contribution is 5.84. The summed E-state index contributed by atoms with van der Waals surface area (Å²) in [4.78, 5) is 21.6. The Kier molecular flexibility index (Phi) is 5.59. The normalized spacial score (nSPS) is 11.8. The zero-order chi connectivity index (χ0) is 10.3. The SMILES string of the molecule is C=CCC(=O)NC(CCC)C(=O)O. The second kappa shape index (κ2) is 6.22. The zero-order valence-electron chi connectivity index (χ0n) is 7.75. The third-order valence-electron chi connectivity index (χ3n) is 1.54. The van der Waals surface area contributed by atoms with Crippen LogP contribution in [0.25, 0.3) is 0 Å². The summed E-state index contributed by atoms with van der Waals surface area (Å²) in [6.07, 6.45) is 2.79. The van der Waals surface area contributed by atoms with E-state index in [-0.39, 0.29) is 12.3 Å². The van der Waals surface area contributed by atoms with E-state index in [1.165, 1.54) is 6.08 Å². The van der Waals surface area contributed by atoms with Gasteiger partial charge in [-0.2, -0.15) is 0 Å². The van der Waals surface area contributed by atoms with Crippen LogP contribution in [0.3, 0.4) is 0 Å². The molecule has 0 heterocycles. The van der Waals surface area contributed by atoms with E-state index in [9.17, 15) is 9.59 Å². The van der Waals surface area contributed by atoms with Gasteiger partial charge in [-0.15, -0.1) is 6.58 Å². The second-order valence-corrected chi connectivity index (χ2v) is 2.74. The van der Waals surface area contributed by atoms with E-state index < -0.39 is 12.0 Å². The Balaban J connectivity index is 4.01. The Labute approximate surface area is 77.6 Å². The van der Waals surface area contributed by atoms with Crippen molar-refractivity contribution in [2.45, 2.75) is 32.2 Å². The Morgan fingerprint density at radius 2 is 2.23 bits per heavy atom.